The lowest BCUT2D eigenvalue weighted by Crippen LogP contribution is -2.17. The molecule has 0 saturated heterocycles. The van der Waals surface area contributed by atoms with Crippen molar-refractivity contribution in [3.8, 4) is 0 Å². The Balaban J connectivity index is 2.10. The number of aryl methyl sites for hydroxylation is 1. The van der Waals surface area contributed by atoms with Gasteiger partial charge in [-0.3, -0.25) is 4.79 Å². The van der Waals surface area contributed by atoms with Crippen molar-refractivity contribution in [3.05, 3.63) is 53.9 Å². The SMILES string of the molecule is CC(C)n1cccc1C(=O)Nc1cccc(CCCO)c1. The molecule has 1 amide bonds. The standard InChI is InChI=1S/C17H22N2O2/c1-13(2)19-10-4-9-16(19)17(21)18-15-8-3-6-14(12-15)7-5-11-20/h3-4,6,8-10,12-13,20H,5,7,11H2,1-2H3,(H,18,21). The van der Waals surface area contributed by atoms with Crippen LogP contribution < -0.4 is 5.32 Å². The number of anilines is 1. The molecule has 0 aliphatic heterocycles. The van der Waals surface area contributed by atoms with Crippen molar-refractivity contribution in [2.24, 2.45) is 0 Å². The molecule has 112 valence electrons. The first-order valence-electron chi connectivity index (χ1n) is 7.30. The smallest absolute Gasteiger partial charge is 0.272 e. The van der Waals surface area contributed by atoms with Crippen molar-refractivity contribution < 1.29 is 9.90 Å². The van der Waals surface area contributed by atoms with Crippen LogP contribution in [0.2, 0.25) is 0 Å². The van der Waals surface area contributed by atoms with E-state index in [1.807, 2.05) is 61.0 Å². The van der Waals surface area contributed by atoms with E-state index in [2.05, 4.69) is 5.32 Å². The fourth-order valence-corrected chi connectivity index (χ4v) is 2.32. The Bertz CT molecular complexity index is 602. The molecule has 0 unspecified atom stereocenters. The van der Waals surface area contributed by atoms with Crippen LogP contribution >= 0.6 is 0 Å². The van der Waals surface area contributed by atoms with Crippen molar-refractivity contribution in [2.75, 3.05) is 11.9 Å². The Morgan fingerprint density at radius 2 is 2.10 bits per heavy atom. The summed E-state index contributed by atoms with van der Waals surface area (Å²) < 4.78 is 1.95. The predicted octanol–water partition coefficient (Wildman–Crippen LogP) is 3.25. The number of hydrogen-bond acceptors (Lipinski definition) is 2. The van der Waals surface area contributed by atoms with E-state index in [-0.39, 0.29) is 18.6 Å². The maximum Gasteiger partial charge on any atom is 0.272 e. The molecule has 0 aliphatic rings. The number of benzene rings is 1. The molecule has 1 aromatic carbocycles. The summed E-state index contributed by atoms with van der Waals surface area (Å²) >= 11 is 0. The van der Waals surface area contributed by atoms with Crippen molar-refractivity contribution in [1.29, 1.82) is 0 Å². The molecule has 21 heavy (non-hydrogen) atoms. The van der Waals surface area contributed by atoms with Gasteiger partial charge >= 0.3 is 0 Å². The molecule has 0 aliphatic carbocycles. The maximum absolute atomic E-state index is 12.4. The van der Waals surface area contributed by atoms with Gasteiger partial charge in [-0.2, -0.15) is 0 Å². The van der Waals surface area contributed by atoms with Gasteiger partial charge in [0.05, 0.1) is 0 Å². The van der Waals surface area contributed by atoms with Gasteiger partial charge in [0.25, 0.3) is 5.91 Å². The fourth-order valence-electron chi connectivity index (χ4n) is 2.32. The van der Waals surface area contributed by atoms with E-state index in [4.69, 9.17) is 5.11 Å². The molecule has 0 spiro atoms. The van der Waals surface area contributed by atoms with Gasteiger partial charge in [0, 0.05) is 24.5 Å². The fraction of sp³-hybridized carbons (Fsp3) is 0.353. The van der Waals surface area contributed by atoms with Gasteiger partial charge in [-0.1, -0.05) is 12.1 Å². The molecule has 0 saturated carbocycles. The minimum atomic E-state index is -0.104. The number of rotatable bonds is 6. The second-order valence-corrected chi connectivity index (χ2v) is 5.38. The zero-order chi connectivity index (χ0) is 15.2. The van der Waals surface area contributed by atoms with Crippen molar-refractivity contribution in [2.45, 2.75) is 32.7 Å². The van der Waals surface area contributed by atoms with E-state index in [9.17, 15) is 4.79 Å². The van der Waals surface area contributed by atoms with E-state index in [0.29, 0.717) is 5.69 Å². The van der Waals surface area contributed by atoms with E-state index >= 15 is 0 Å². The molecule has 2 rings (SSSR count). The van der Waals surface area contributed by atoms with Crippen LogP contribution in [0.5, 0.6) is 0 Å². The second-order valence-electron chi connectivity index (χ2n) is 5.38. The third-order valence-corrected chi connectivity index (χ3v) is 3.38. The van der Waals surface area contributed by atoms with Crippen LogP contribution in [0.3, 0.4) is 0 Å². The van der Waals surface area contributed by atoms with Gasteiger partial charge in [0.2, 0.25) is 0 Å². The minimum Gasteiger partial charge on any atom is -0.396 e. The zero-order valence-electron chi connectivity index (χ0n) is 12.5. The predicted molar refractivity (Wildman–Crippen MR) is 84.6 cm³/mol. The molecule has 0 radical (unpaired) electrons. The molecule has 2 aromatic rings. The summed E-state index contributed by atoms with van der Waals surface area (Å²) in [6, 6.07) is 11.7. The van der Waals surface area contributed by atoms with Crippen LogP contribution in [0.4, 0.5) is 5.69 Å². The van der Waals surface area contributed by atoms with Crippen LogP contribution in [0.1, 0.15) is 42.4 Å². The summed E-state index contributed by atoms with van der Waals surface area (Å²) in [5, 5.41) is 11.8. The van der Waals surface area contributed by atoms with Gasteiger partial charge in [0.1, 0.15) is 5.69 Å². The lowest BCUT2D eigenvalue weighted by molar-refractivity contribution is 0.101. The van der Waals surface area contributed by atoms with E-state index in [1.165, 1.54) is 0 Å². The van der Waals surface area contributed by atoms with Crippen molar-refractivity contribution in [3.63, 3.8) is 0 Å². The maximum atomic E-state index is 12.4. The first kappa shape index (κ1) is 15.3. The van der Waals surface area contributed by atoms with Gasteiger partial charge < -0.3 is 15.0 Å². The van der Waals surface area contributed by atoms with Crippen LogP contribution in [0.15, 0.2) is 42.6 Å². The molecule has 0 fully saturated rings. The molecular weight excluding hydrogens is 264 g/mol. The number of aliphatic hydroxyl groups excluding tert-OH is 1. The topological polar surface area (TPSA) is 54.3 Å². The number of carbonyl (C=O) groups excluding carboxylic acids is 1. The summed E-state index contributed by atoms with van der Waals surface area (Å²) in [5.74, 6) is -0.104. The largest absolute Gasteiger partial charge is 0.396 e. The summed E-state index contributed by atoms with van der Waals surface area (Å²) in [4.78, 5) is 12.4. The third kappa shape index (κ3) is 3.95. The quantitative estimate of drug-likeness (QED) is 0.856. The number of hydrogen-bond donors (Lipinski definition) is 2. The second kappa shape index (κ2) is 7.09. The lowest BCUT2D eigenvalue weighted by atomic mass is 10.1. The molecule has 0 atom stereocenters. The molecule has 4 heteroatoms. The third-order valence-electron chi connectivity index (χ3n) is 3.38. The number of carbonyl (C=O) groups is 1. The highest BCUT2D eigenvalue weighted by atomic mass is 16.2. The molecule has 1 aromatic heterocycles. The van der Waals surface area contributed by atoms with Gasteiger partial charge in [0.15, 0.2) is 0 Å². The summed E-state index contributed by atoms with van der Waals surface area (Å²) in [5.41, 5.74) is 2.55. The number of nitrogens with one attached hydrogen (secondary N) is 1. The highest BCUT2D eigenvalue weighted by Gasteiger charge is 2.12. The first-order chi connectivity index (χ1) is 10.1. The number of aromatic nitrogens is 1. The van der Waals surface area contributed by atoms with Crippen LogP contribution in [-0.2, 0) is 6.42 Å². The highest BCUT2D eigenvalue weighted by molar-refractivity contribution is 6.03. The van der Waals surface area contributed by atoms with Crippen LogP contribution in [0, 0.1) is 0 Å². The molecular formula is C17H22N2O2. The van der Waals surface area contributed by atoms with Gasteiger partial charge in [-0.15, -0.1) is 0 Å². The Labute approximate surface area is 125 Å². The van der Waals surface area contributed by atoms with E-state index < -0.39 is 0 Å². The number of amides is 1. The van der Waals surface area contributed by atoms with Gasteiger partial charge in [-0.05, 0) is 56.5 Å². The van der Waals surface area contributed by atoms with E-state index in [0.717, 1.165) is 24.1 Å². The Morgan fingerprint density at radius 1 is 1.29 bits per heavy atom. The Hall–Kier alpha value is -2.07. The molecule has 0 bridgehead atoms. The van der Waals surface area contributed by atoms with Crippen LogP contribution in [0.25, 0.3) is 0 Å². The Kier molecular flexibility index (Phi) is 5.17. The highest BCUT2D eigenvalue weighted by Crippen LogP contribution is 2.16. The van der Waals surface area contributed by atoms with Crippen molar-refractivity contribution in [1.82, 2.24) is 4.57 Å². The van der Waals surface area contributed by atoms with Crippen molar-refractivity contribution >= 4 is 11.6 Å². The Morgan fingerprint density at radius 3 is 2.81 bits per heavy atom. The summed E-state index contributed by atoms with van der Waals surface area (Å²) in [6.07, 6.45) is 3.45. The average molecular weight is 286 g/mol. The van der Waals surface area contributed by atoms with E-state index in [1.54, 1.807) is 0 Å². The number of nitrogens with zero attached hydrogens (tertiary/aromatic N) is 1. The number of aliphatic hydroxyl groups is 1. The normalized spacial score (nSPS) is 10.9. The average Bonchev–Trinajstić information content (AvgIpc) is 2.95. The first-order valence-corrected chi connectivity index (χ1v) is 7.30. The lowest BCUT2D eigenvalue weighted by Gasteiger charge is -2.13. The van der Waals surface area contributed by atoms with Gasteiger partial charge in [-0.25, -0.2) is 0 Å². The summed E-state index contributed by atoms with van der Waals surface area (Å²) in [7, 11) is 0. The monoisotopic (exact) mass is 286 g/mol. The minimum absolute atomic E-state index is 0.104. The summed E-state index contributed by atoms with van der Waals surface area (Å²) in [6.45, 7) is 4.27. The van der Waals surface area contributed by atoms with Crippen LogP contribution in [-0.4, -0.2) is 22.2 Å². The molecule has 1 heterocycles. The molecule has 4 nitrogen and oxygen atoms in total. The zero-order valence-corrected chi connectivity index (χ0v) is 12.5. The molecule has 2 N–H and O–H groups in total.